The summed E-state index contributed by atoms with van der Waals surface area (Å²) < 4.78 is 6.25. The minimum absolute atomic E-state index is 0.0729. The lowest BCUT2D eigenvalue weighted by molar-refractivity contribution is -0.140. The first-order chi connectivity index (χ1) is 12.4. The van der Waals surface area contributed by atoms with Gasteiger partial charge in [0.2, 0.25) is 5.91 Å². The van der Waals surface area contributed by atoms with Crippen molar-refractivity contribution in [3.63, 3.8) is 0 Å². The quantitative estimate of drug-likeness (QED) is 0.724. The highest BCUT2D eigenvalue weighted by Gasteiger charge is 2.40. The van der Waals surface area contributed by atoms with Crippen molar-refractivity contribution in [1.29, 1.82) is 0 Å². The number of carbonyl (C=O) groups is 2. The Bertz CT molecular complexity index is 675. The number of thiophene rings is 1. The van der Waals surface area contributed by atoms with Crippen molar-refractivity contribution in [1.82, 2.24) is 9.80 Å². The third-order valence-corrected chi connectivity index (χ3v) is 11.2. The van der Waals surface area contributed by atoms with Gasteiger partial charge in [0.15, 0.2) is 8.32 Å². The van der Waals surface area contributed by atoms with Crippen LogP contribution in [0.5, 0.6) is 0 Å². The van der Waals surface area contributed by atoms with Crippen LogP contribution in [0.15, 0.2) is 12.1 Å². The lowest BCUT2D eigenvalue weighted by atomic mass is 10.2. The third-order valence-electron chi connectivity index (χ3n) is 5.56. The van der Waals surface area contributed by atoms with Crippen LogP contribution < -0.4 is 0 Å². The molecule has 1 fully saturated rings. The van der Waals surface area contributed by atoms with Crippen molar-refractivity contribution in [2.75, 3.05) is 26.2 Å². The first-order valence-electron chi connectivity index (χ1n) is 9.41. The van der Waals surface area contributed by atoms with E-state index in [1.54, 1.807) is 6.07 Å². The molecule has 1 N–H and O–H groups in total. The van der Waals surface area contributed by atoms with Crippen molar-refractivity contribution < 1.29 is 19.1 Å². The SMILES string of the molecule is CC(O[Si](C)(C)C(C)(C)C)C(=O)N1CCN(Cc2ccc(C(=O)O)s2)CC1. The van der Waals surface area contributed by atoms with Gasteiger partial charge >= 0.3 is 5.97 Å². The van der Waals surface area contributed by atoms with Crippen LogP contribution in [-0.2, 0) is 15.8 Å². The molecule has 2 heterocycles. The van der Waals surface area contributed by atoms with E-state index in [9.17, 15) is 9.59 Å². The Labute approximate surface area is 167 Å². The van der Waals surface area contributed by atoms with Crippen molar-refractivity contribution >= 4 is 31.5 Å². The number of nitrogens with zero attached hydrogens (tertiary/aromatic N) is 2. The number of hydrogen-bond acceptors (Lipinski definition) is 5. The van der Waals surface area contributed by atoms with Crippen LogP contribution in [0.4, 0.5) is 0 Å². The van der Waals surface area contributed by atoms with Crippen LogP contribution in [0.2, 0.25) is 18.1 Å². The number of hydrogen-bond donors (Lipinski definition) is 1. The molecule has 8 heteroatoms. The van der Waals surface area contributed by atoms with Crippen LogP contribution in [0.25, 0.3) is 0 Å². The predicted octanol–water partition coefficient (Wildman–Crippen LogP) is 3.50. The average Bonchev–Trinajstić information content (AvgIpc) is 3.02. The van der Waals surface area contributed by atoms with Gasteiger partial charge in [-0.15, -0.1) is 11.3 Å². The van der Waals surface area contributed by atoms with Gasteiger partial charge < -0.3 is 14.4 Å². The molecule has 1 unspecified atom stereocenters. The summed E-state index contributed by atoms with van der Waals surface area (Å²) in [5.74, 6) is -0.804. The molecule has 152 valence electrons. The van der Waals surface area contributed by atoms with E-state index in [1.165, 1.54) is 11.3 Å². The largest absolute Gasteiger partial charge is 0.477 e. The molecule has 1 aromatic rings. The van der Waals surface area contributed by atoms with Gasteiger partial charge in [-0.25, -0.2) is 4.79 Å². The highest BCUT2D eigenvalue weighted by Crippen LogP contribution is 2.37. The van der Waals surface area contributed by atoms with Gasteiger partial charge in [-0.05, 0) is 37.2 Å². The molecule has 1 saturated heterocycles. The monoisotopic (exact) mass is 412 g/mol. The first-order valence-corrected chi connectivity index (χ1v) is 13.1. The molecule has 1 amide bonds. The highest BCUT2D eigenvalue weighted by atomic mass is 32.1. The van der Waals surface area contributed by atoms with E-state index < -0.39 is 20.4 Å². The van der Waals surface area contributed by atoms with Gasteiger partial charge in [0, 0.05) is 37.6 Å². The van der Waals surface area contributed by atoms with E-state index in [-0.39, 0.29) is 10.9 Å². The van der Waals surface area contributed by atoms with Crippen LogP contribution in [0.3, 0.4) is 0 Å². The maximum Gasteiger partial charge on any atom is 0.345 e. The topological polar surface area (TPSA) is 70.1 Å². The number of amides is 1. The molecule has 27 heavy (non-hydrogen) atoms. The molecule has 0 aliphatic carbocycles. The van der Waals surface area contributed by atoms with E-state index in [0.717, 1.165) is 24.5 Å². The molecular formula is C19H32N2O4SSi. The number of aromatic carboxylic acids is 1. The molecule has 0 saturated carbocycles. The Kier molecular flexibility index (Phi) is 6.89. The molecule has 1 aliphatic heterocycles. The minimum atomic E-state index is -1.97. The smallest absolute Gasteiger partial charge is 0.345 e. The van der Waals surface area contributed by atoms with Gasteiger partial charge in [0.25, 0.3) is 0 Å². The number of carboxylic acids is 1. The fourth-order valence-corrected chi connectivity index (χ4v) is 5.08. The van der Waals surface area contributed by atoms with E-state index in [1.807, 2.05) is 17.9 Å². The van der Waals surface area contributed by atoms with E-state index in [0.29, 0.717) is 18.0 Å². The summed E-state index contributed by atoms with van der Waals surface area (Å²) in [5, 5.41) is 9.11. The summed E-state index contributed by atoms with van der Waals surface area (Å²) in [6.45, 7) is 16.4. The van der Waals surface area contributed by atoms with Crippen molar-refractivity contribution in [3.05, 3.63) is 21.9 Å². The minimum Gasteiger partial charge on any atom is -0.477 e. The van der Waals surface area contributed by atoms with Gasteiger partial charge in [-0.2, -0.15) is 0 Å². The zero-order chi connectivity index (χ0) is 20.4. The van der Waals surface area contributed by atoms with Crippen LogP contribution >= 0.6 is 11.3 Å². The zero-order valence-corrected chi connectivity index (χ0v) is 19.1. The molecular weight excluding hydrogens is 380 g/mol. The Balaban J connectivity index is 1.85. The van der Waals surface area contributed by atoms with Crippen LogP contribution in [0, 0.1) is 0 Å². The van der Waals surface area contributed by atoms with Crippen LogP contribution in [-0.4, -0.2) is 67.4 Å². The number of rotatable bonds is 6. The fraction of sp³-hybridized carbons (Fsp3) is 0.684. The second-order valence-corrected chi connectivity index (χ2v) is 14.6. The molecule has 1 atom stereocenters. The second kappa shape index (κ2) is 8.42. The summed E-state index contributed by atoms with van der Waals surface area (Å²) in [6.07, 6.45) is -0.409. The van der Waals surface area contributed by atoms with Gasteiger partial charge in [0.1, 0.15) is 11.0 Å². The van der Waals surface area contributed by atoms with E-state index in [2.05, 4.69) is 38.8 Å². The summed E-state index contributed by atoms with van der Waals surface area (Å²) in [7, 11) is -1.97. The van der Waals surface area contributed by atoms with Gasteiger partial charge in [0.05, 0.1) is 0 Å². The highest BCUT2D eigenvalue weighted by molar-refractivity contribution is 7.13. The standard InChI is InChI=1S/C19H32N2O4SSi/c1-14(25-27(5,6)19(2,3)4)17(22)21-11-9-20(10-12-21)13-15-7-8-16(26-15)18(23)24/h7-8,14H,9-13H2,1-6H3,(H,23,24). The predicted molar refractivity (Wildman–Crippen MR) is 111 cm³/mol. The third kappa shape index (κ3) is 5.63. The summed E-state index contributed by atoms with van der Waals surface area (Å²) in [5.41, 5.74) is 0. The molecule has 0 radical (unpaired) electrons. The molecule has 0 bridgehead atoms. The molecule has 0 aromatic carbocycles. The molecule has 0 spiro atoms. The first kappa shape index (κ1) is 22.1. The summed E-state index contributed by atoms with van der Waals surface area (Å²) in [6, 6.07) is 3.53. The lowest BCUT2D eigenvalue weighted by Gasteiger charge is -2.40. The maximum atomic E-state index is 12.8. The van der Waals surface area contributed by atoms with E-state index >= 15 is 0 Å². The van der Waals surface area contributed by atoms with E-state index in [4.69, 9.17) is 9.53 Å². The zero-order valence-electron chi connectivity index (χ0n) is 17.2. The Hall–Kier alpha value is -1.22. The van der Waals surface area contributed by atoms with Crippen LogP contribution in [0.1, 0.15) is 42.2 Å². The fourth-order valence-electron chi connectivity index (χ4n) is 2.85. The molecule has 2 rings (SSSR count). The molecule has 1 aliphatic rings. The van der Waals surface area contributed by atoms with Gasteiger partial charge in [-0.1, -0.05) is 20.8 Å². The summed E-state index contributed by atoms with van der Waals surface area (Å²) >= 11 is 1.32. The molecule has 6 nitrogen and oxygen atoms in total. The van der Waals surface area contributed by atoms with Crippen molar-refractivity contribution in [3.8, 4) is 0 Å². The van der Waals surface area contributed by atoms with Crippen molar-refractivity contribution in [2.24, 2.45) is 0 Å². The van der Waals surface area contributed by atoms with Crippen molar-refractivity contribution in [2.45, 2.75) is 58.5 Å². The number of carbonyl (C=O) groups excluding carboxylic acids is 1. The maximum absolute atomic E-state index is 12.8. The average molecular weight is 413 g/mol. The molecule has 1 aromatic heterocycles. The second-order valence-electron chi connectivity index (χ2n) is 8.69. The summed E-state index contributed by atoms with van der Waals surface area (Å²) in [4.78, 5) is 29.4. The Morgan fingerprint density at radius 2 is 1.81 bits per heavy atom. The Morgan fingerprint density at radius 1 is 1.22 bits per heavy atom. The normalized spacial score (nSPS) is 17.8. The number of piperazine rings is 1. The van der Waals surface area contributed by atoms with Gasteiger partial charge in [-0.3, -0.25) is 9.69 Å². The Morgan fingerprint density at radius 3 is 2.30 bits per heavy atom. The lowest BCUT2D eigenvalue weighted by Crippen LogP contribution is -2.53. The number of carboxylic acid groups (broad SMARTS) is 1.